The molecule has 3 aromatic rings. The molecule has 0 bridgehead atoms. The van der Waals surface area contributed by atoms with E-state index < -0.39 is 0 Å². The predicted octanol–water partition coefficient (Wildman–Crippen LogP) is 4.18. The summed E-state index contributed by atoms with van der Waals surface area (Å²) in [4.78, 5) is 23.1. The highest BCUT2D eigenvalue weighted by molar-refractivity contribution is 5.91. The van der Waals surface area contributed by atoms with Crippen molar-refractivity contribution < 1.29 is 9.53 Å². The number of ether oxygens (including phenoxy) is 1. The van der Waals surface area contributed by atoms with Crippen LogP contribution in [0, 0.1) is 5.92 Å². The third-order valence-electron chi connectivity index (χ3n) is 7.66. The lowest BCUT2D eigenvalue weighted by molar-refractivity contribution is -0.137. The Morgan fingerprint density at radius 3 is 2.94 bits per heavy atom. The molecule has 1 aromatic heterocycles. The van der Waals surface area contributed by atoms with E-state index in [9.17, 15) is 4.79 Å². The maximum Gasteiger partial charge on any atom is 0.243 e. The Morgan fingerprint density at radius 2 is 2.03 bits per heavy atom. The van der Waals surface area contributed by atoms with Crippen molar-refractivity contribution in [3.05, 3.63) is 71.9 Å². The lowest BCUT2D eigenvalue weighted by Crippen LogP contribution is -2.49. The molecule has 0 radical (unpaired) electrons. The van der Waals surface area contributed by atoms with Crippen molar-refractivity contribution >= 4 is 16.8 Å². The highest BCUT2D eigenvalue weighted by Crippen LogP contribution is 2.56. The van der Waals surface area contributed by atoms with Gasteiger partial charge in [0, 0.05) is 36.6 Å². The average Bonchev–Trinajstić information content (AvgIpc) is 3.44. The van der Waals surface area contributed by atoms with Crippen LogP contribution < -0.4 is 4.74 Å². The van der Waals surface area contributed by atoms with Crippen molar-refractivity contribution in [2.75, 3.05) is 20.2 Å². The van der Waals surface area contributed by atoms with E-state index in [2.05, 4.69) is 40.1 Å². The molecule has 1 spiro atoms. The van der Waals surface area contributed by atoms with Gasteiger partial charge in [-0.05, 0) is 55.1 Å². The number of rotatable bonds is 4. The van der Waals surface area contributed by atoms with Gasteiger partial charge in [-0.15, -0.1) is 0 Å². The Morgan fingerprint density at radius 1 is 1.16 bits per heavy atom. The topological polar surface area (TPSA) is 45.7 Å². The molecule has 1 amide bonds. The Labute approximate surface area is 182 Å². The van der Waals surface area contributed by atoms with Crippen molar-refractivity contribution in [2.45, 2.75) is 37.4 Å². The van der Waals surface area contributed by atoms with Gasteiger partial charge in [0.15, 0.2) is 0 Å². The molecular weight excluding hydrogens is 386 g/mol. The van der Waals surface area contributed by atoms with Crippen molar-refractivity contribution in [3.63, 3.8) is 0 Å². The number of benzene rings is 2. The number of carbonyl (C=O) groups excluding carboxylic acids is 1. The van der Waals surface area contributed by atoms with Crippen LogP contribution in [0.4, 0.5) is 0 Å². The van der Waals surface area contributed by atoms with Crippen molar-refractivity contribution in [1.29, 1.82) is 0 Å². The molecule has 0 saturated carbocycles. The fourth-order valence-electron chi connectivity index (χ4n) is 6.40. The number of aromatic nitrogens is 1. The van der Waals surface area contributed by atoms with E-state index in [0.717, 1.165) is 49.2 Å². The lowest BCUT2D eigenvalue weighted by atomic mass is 9.85. The molecule has 3 aliphatic heterocycles. The Balaban J connectivity index is 1.32. The Hall–Kier alpha value is -2.92. The van der Waals surface area contributed by atoms with Crippen molar-refractivity contribution in [2.24, 2.45) is 5.92 Å². The summed E-state index contributed by atoms with van der Waals surface area (Å²) in [5, 5.41) is 1.18. The predicted molar refractivity (Wildman–Crippen MR) is 120 cm³/mol. The number of hydrogen-bond donors (Lipinski definition) is 0. The summed E-state index contributed by atoms with van der Waals surface area (Å²) in [6, 6.07) is 18.9. The second-order valence-electron chi connectivity index (χ2n) is 9.13. The summed E-state index contributed by atoms with van der Waals surface area (Å²) in [6.45, 7) is 2.48. The van der Waals surface area contributed by atoms with E-state index >= 15 is 0 Å². The summed E-state index contributed by atoms with van der Waals surface area (Å²) in [7, 11) is 1.68. The minimum Gasteiger partial charge on any atom is -0.497 e. The van der Waals surface area contributed by atoms with Gasteiger partial charge in [-0.2, -0.15) is 0 Å². The third kappa shape index (κ3) is 2.72. The van der Waals surface area contributed by atoms with Crippen LogP contribution in [-0.4, -0.2) is 46.4 Å². The first-order valence-electron chi connectivity index (χ1n) is 11.2. The summed E-state index contributed by atoms with van der Waals surface area (Å²) in [5.74, 6) is 1.53. The van der Waals surface area contributed by atoms with E-state index in [4.69, 9.17) is 9.72 Å². The molecular formula is C26H27N3O2. The molecule has 3 fully saturated rings. The minimum atomic E-state index is -0.333. The third-order valence-corrected chi connectivity index (χ3v) is 7.66. The molecule has 5 nitrogen and oxygen atoms in total. The molecule has 0 N–H and O–H groups in total. The SMILES string of the molecule is COc1cccc(CN2C[C@@H]3C[C@@H](c4cccc5cccnc45)N4CCC[C@@]34C2=O)c1. The summed E-state index contributed by atoms with van der Waals surface area (Å²) >= 11 is 0. The number of amides is 1. The van der Waals surface area contributed by atoms with Crippen LogP contribution in [0.2, 0.25) is 0 Å². The fourth-order valence-corrected chi connectivity index (χ4v) is 6.40. The summed E-state index contributed by atoms with van der Waals surface area (Å²) in [6.07, 6.45) is 4.96. The number of carbonyl (C=O) groups is 1. The first-order chi connectivity index (χ1) is 15.2. The molecule has 6 rings (SSSR count). The number of pyridine rings is 1. The van der Waals surface area contributed by atoms with Crippen LogP contribution >= 0.6 is 0 Å². The van der Waals surface area contributed by atoms with Gasteiger partial charge in [0.05, 0.1) is 12.6 Å². The first-order valence-corrected chi connectivity index (χ1v) is 11.2. The summed E-state index contributed by atoms with van der Waals surface area (Å²) < 4.78 is 5.37. The largest absolute Gasteiger partial charge is 0.497 e. The van der Waals surface area contributed by atoms with Crippen LogP contribution in [0.3, 0.4) is 0 Å². The number of nitrogens with zero attached hydrogens (tertiary/aromatic N) is 3. The maximum absolute atomic E-state index is 13.8. The average molecular weight is 414 g/mol. The monoisotopic (exact) mass is 413 g/mol. The maximum atomic E-state index is 13.8. The molecule has 3 saturated heterocycles. The van der Waals surface area contributed by atoms with Gasteiger partial charge in [-0.1, -0.05) is 36.4 Å². The standard InChI is InChI=1S/C26H27N3O2/c1-31-21-9-2-6-18(14-21)16-28-17-20-15-23(29-13-5-11-26(20,29)25(28)30)22-10-3-7-19-8-4-12-27-24(19)22/h2-4,6-10,12,14,20,23H,5,11,13,15-17H2,1H3/t20-,23-,26-/m0/s1. The zero-order valence-corrected chi connectivity index (χ0v) is 17.8. The zero-order chi connectivity index (χ0) is 21.0. The van der Waals surface area contributed by atoms with Crippen molar-refractivity contribution in [3.8, 4) is 5.75 Å². The lowest BCUT2D eigenvalue weighted by Gasteiger charge is -2.34. The van der Waals surface area contributed by atoms with E-state index in [1.165, 1.54) is 10.9 Å². The molecule has 31 heavy (non-hydrogen) atoms. The normalized spacial score (nSPS) is 27.6. The van der Waals surface area contributed by atoms with Crippen LogP contribution in [0.15, 0.2) is 60.8 Å². The van der Waals surface area contributed by atoms with Gasteiger partial charge in [0.1, 0.15) is 11.3 Å². The van der Waals surface area contributed by atoms with E-state index in [1.807, 2.05) is 30.5 Å². The highest BCUT2D eigenvalue weighted by atomic mass is 16.5. The molecule has 5 heteroatoms. The van der Waals surface area contributed by atoms with Crippen molar-refractivity contribution in [1.82, 2.24) is 14.8 Å². The van der Waals surface area contributed by atoms with E-state index in [-0.39, 0.29) is 11.6 Å². The van der Waals surface area contributed by atoms with Gasteiger partial charge in [0.25, 0.3) is 0 Å². The molecule has 2 aromatic carbocycles. The Kier molecular flexibility index (Phi) is 4.29. The molecule has 3 aliphatic rings. The Bertz CT molecular complexity index is 1160. The minimum absolute atomic E-state index is 0.272. The van der Waals surface area contributed by atoms with Gasteiger partial charge in [-0.25, -0.2) is 0 Å². The number of methoxy groups -OCH3 is 1. The number of fused-ring (bicyclic) bond motifs is 1. The summed E-state index contributed by atoms with van der Waals surface area (Å²) in [5.41, 5.74) is 3.16. The second-order valence-corrected chi connectivity index (χ2v) is 9.13. The fraction of sp³-hybridized carbons (Fsp3) is 0.385. The zero-order valence-electron chi connectivity index (χ0n) is 17.8. The van der Waals surface area contributed by atoms with Gasteiger partial charge < -0.3 is 9.64 Å². The van der Waals surface area contributed by atoms with Crippen LogP contribution in [-0.2, 0) is 11.3 Å². The molecule has 0 aliphatic carbocycles. The van der Waals surface area contributed by atoms with Gasteiger partial charge in [0.2, 0.25) is 5.91 Å². The van der Waals surface area contributed by atoms with Crippen LogP contribution in [0.5, 0.6) is 5.75 Å². The first kappa shape index (κ1) is 18.8. The molecule has 158 valence electrons. The number of para-hydroxylation sites is 1. The molecule has 0 unspecified atom stereocenters. The quantitative estimate of drug-likeness (QED) is 0.644. The highest BCUT2D eigenvalue weighted by Gasteiger charge is 2.65. The van der Waals surface area contributed by atoms with Crippen LogP contribution in [0.1, 0.15) is 36.4 Å². The smallest absolute Gasteiger partial charge is 0.243 e. The van der Waals surface area contributed by atoms with E-state index in [0.29, 0.717) is 18.4 Å². The number of likely N-dealkylation sites (tertiary alicyclic amines) is 1. The number of hydrogen-bond acceptors (Lipinski definition) is 4. The molecule has 3 atom stereocenters. The van der Waals surface area contributed by atoms with Crippen LogP contribution in [0.25, 0.3) is 10.9 Å². The van der Waals surface area contributed by atoms with E-state index in [1.54, 1.807) is 7.11 Å². The van der Waals surface area contributed by atoms with Gasteiger partial charge in [-0.3, -0.25) is 14.7 Å². The van der Waals surface area contributed by atoms with Gasteiger partial charge >= 0.3 is 0 Å². The second kappa shape index (κ2) is 7.06. The molecule has 4 heterocycles.